The van der Waals surface area contributed by atoms with Crippen LogP contribution in [0.1, 0.15) is 6.92 Å². The molecular weight excluding hydrogens is 252 g/mol. The SMILES string of the molecule is CCO.O=P(O)(O)O.[K+].[K+].[K+]. The molecule has 0 rings (SSSR count). The molecule has 0 aromatic carbocycles. The van der Waals surface area contributed by atoms with Crippen LogP contribution in [0.3, 0.4) is 0 Å². The summed E-state index contributed by atoms with van der Waals surface area (Å²) in [6, 6.07) is 0. The van der Waals surface area contributed by atoms with Crippen LogP contribution in [-0.4, -0.2) is 26.4 Å². The molecule has 52 valence electrons. The molecule has 0 aliphatic carbocycles. The third-order valence-corrected chi connectivity index (χ3v) is 0. The van der Waals surface area contributed by atoms with E-state index in [9.17, 15) is 0 Å². The Kier molecular flexibility index (Phi) is 55.2. The van der Waals surface area contributed by atoms with E-state index in [1.165, 1.54) is 0 Å². The predicted octanol–water partition coefficient (Wildman–Crippen LogP) is -9.92. The summed E-state index contributed by atoms with van der Waals surface area (Å²) in [5.41, 5.74) is 0. The Hall–Kier alpha value is 4.98. The van der Waals surface area contributed by atoms with Crippen LogP contribution >= 0.6 is 7.82 Å². The van der Waals surface area contributed by atoms with Gasteiger partial charge < -0.3 is 19.8 Å². The number of aliphatic hydroxyl groups is 1. The number of hydrogen-bond donors (Lipinski definition) is 4. The number of aliphatic hydroxyl groups excluding tert-OH is 1. The van der Waals surface area contributed by atoms with E-state index < -0.39 is 7.82 Å². The second-order valence-corrected chi connectivity index (χ2v) is 1.86. The van der Waals surface area contributed by atoms with Crippen molar-refractivity contribution in [1.82, 2.24) is 0 Å². The number of hydrogen-bond acceptors (Lipinski definition) is 2. The fraction of sp³-hybridized carbons (Fsp3) is 1.00. The minimum absolute atomic E-state index is 0. The molecule has 0 atom stereocenters. The van der Waals surface area contributed by atoms with Gasteiger partial charge in [-0.1, -0.05) is 0 Å². The Bertz CT molecular complexity index is 75.5. The Morgan fingerprint density at radius 3 is 1.09 bits per heavy atom. The molecule has 5 nitrogen and oxygen atoms in total. The average molecular weight is 261 g/mol. The topological polar surface area (TPSA) is 98.0 Å². The summed E-state index contributed by atoms with van der Waals surface area (Å²) in [5.74, 6) is 0. The smallest absolute Gasteiger partial charge is 0.397 e. The molecule has 0 aliphatic heterocycles. The van der Waals surface area contributed by atoms with Crippen molar-refractivity contribution in [1.29, 1.82) is 0 Å². The normalized spacial score (nSPS) is 7.00. The van der Waals surface area contributed by atoms with E-state index in [4.69, 9.17) is 24.4 Å². The molecule has 11 heavy (non-hydrogen) atoms. The zero-order valence-corrected chi connectivity index (χ0v) is 17.6. The predicted molar refractivity (Wildman–Crippen MR) is 27.0 cm³/mol. The summed E-state index contributed by atoms with van der Waals surface area (Å²) in [6.07, 6.45) is 0. The van der Waals surface area contributed by atoms with Crippen molar-refractivity contribution in [3.05, 3.63) is 0 Å². The van der Waals surface area contributed by atoms with Gasteiger partial charge in [-0.2, -0.15) is 0 Å². The third kappa shape index (κ3) is 102. The first-order valence-corrected chi connectivity index (χ1v) is 3.37. The maximum absolute atomic E-state index is 8.88. The molecule has 4 N–H and O–H groups in total. The van der Waals surface area contributed by atoms with Gasteiger partial charge in [0, 0.05) is 6.61 Å². The van der Waals surface area contributed by atoms with E-state index in [0.29, 0.717) is 0 Å². The summed E-state index contributed by atoms with van der Waals surface area (Å²) in [6.45, 7) is 1.93. The Morgan fingerprint density at radius 2 is 1.09 bits per heavy atom. The molecule has 0 radical (unpaired) electrons. The second kappa shape index (κ2) is 20.4. The van der Waals surface area contributed by atoms with Gasteiger partial charge >= 0.3 is 162 Å². The van der Waals surface area contributed by atoms with Crippen molar-refractivity contribution >= 4 is 7.82 Å². The van der Waals surface area contributed by atoms with Gasteiger partial charge in [0.2, 0.25) is 0 Å². The molecule has 0 fully saturated rings. The summed E-state index contributed by atoms with van der Waals surface area (Å²) >= 11 is 0. The fourth-order valence-corrected chi connectivity index (χ4v) is 0. The maximum Gasteiger partial charge on any atom is 1.00 e. The van der Waals surface area contributed by atoms with Crippen LogP contribution in [0, 0.1) is 0 Å². The molecule has 0 aromatic rings. The zero-order chi connectivity index (χ0) is 7.21. The largest absolute Gasteiger partial charge is 1.00 e. The van der Waals surface area contributed by atoms with E-state index in [-0.39, 0.29) is 161 Å². The average Bonchev–Trinajstić information content (AvgIpc) is 1.27. The van der Waals surface area contributed by atoms with Gasteiger partial charge in [0.25, 0.3) is 0 Å². The number of rotatable bonds is 0. The number of phosphoric acid groups is 1. The van der Waals surface area contributed by atoms with Crippen molar-refractivity contribution in [2.24, 2.45) is 0 Å². The van der Waals surface area contributed by atoms with Crippen LogP contribution in [0.4, 0.5) is 0 Å². The van der Waals surface area contributed by atoms with Gasteiger partial charge in [-0.25, -0.2) is 4.57 Å². The molecule has 0 bridgehead atoms. The zero-order valence-electron chi connectivity index (χ0n) is 7.35. The van der Waals surface area contributed by atoms with Crippen LogP contribution in [0.25, 0.3) is 0 Å². The molecule has 0 heterocycles. The third-order valence-electron chi connectivity index (χ3n) is 0. The molecular formula is C2H9K3O5P+3. The van der Waals surface area contributed by atoms with Crippen molar-refractivity contribution in [3.8, 4) is 0 Å². The van der Waals surface area contributed by atoms with Crippen molar-refractivity contribution < 1.29 is 179 Å². The molecule has 0 saturated carbocycles. The summed E-state index contributed by atoms with van der Waals surface area (Å²) in [5, 5.41) is 7.57. The maximum atomic E-state index is 8.88. The Balaban J connectivity index is -0.0000000183. The molecule has 0 unspecified atom stereocenters. The first-order chi connectivity index (χ1) is 3.41. The van der Waals surface area contributed by atoms with Crippen molar-refractivity contribution in [2.75, 3.05) is 6.61 Å². The first-order valence-electron chi connectivity index (χ1n) is 1.81. The van der Waals surface area contributed by atoms with E-state index in [1.807, 2.05) is 0 Å². The standard InChI is InChI=1S/C2H6O.3K.H3O4P/c1-2-3;;;;1-5(2,3)4/h3H,2H2,1H3;;;;(H3,1,2,3,4)/q;3*+1;. The molecule has 0 aliphatic rings. The first kappa shape index (κ1) is 29.7. The van der Waals surface area contributed by atoms with E-state index in [0.717, 1.165) is 0 Å². The van der Waals surface area contributed by atoms with Crippen molar-refractivity contribution in [3.63, 3.8) is 0 Å². The van der Waals surface area contributed by atoms with Gasteiger partial charge in [-0.15, -0.1) is 0 Å². The fourth-order valence-electron chi connectivity index (χ4n) is 0. The minimum atomic E-state index is -4.64. The summed E-state index contributed by atoms with van der Waals surface area (Å²) in [7, 11) is -4.64. The minimum Gasteiger partial charge on any atom is -0.397 e. The molecule has 0 aromatic heterocycles. The monoisotopic (exact) mass is 261 g/mol. The van der Waals surface area contributed by atoms with Crippen LogP contribution in [0.5, 0.6) is 0 Å². The summed E-state index contributed by atoms with van der Waals surface area (Å²) in [4.78, 5) is 21.6. The van der Waals surface area contributed by atoms with E-state index in [1.54, 1.807) is 6.92 Å². The van der Waals surface area contributed by atoms with Gasteiger partial charge in [0.1, 0.15) is 0 Å². The van der Waals surface area contributed by atoms with Gasteiger partial charge in [-0.3, -0.25) is 0 Å². The van der Waals surface area contributed by atoms with Crippen LogP contribution < -0.4 is 154 Å². The van der Waals surface area contributed by atoms with Gasteiger partial charge in [0.05, 0.1) is 0 Å². The second-order valence-electron chi connectivity index (χ2n) is 0.830. The van der Waals surface area contributed by atoms with Crippen molar-refractivity contribution in [2.45, 2.75) is 6.92 Å². The molecule has 0 saturated heterocycles. The van der Waals surface area contributed by atoms with Gasteiger partial charge in [0.15, 0.2) is 0 Å². The van der Waals surface area contributed by atoms with Crippen LogP contribution in [-0.2, 0) is 4.57 Å². The van der Waals surface area contributed by atoms with E-state index >= 15 is 0 Å². The molecule has 9 heteroatoms. The van der Waals surface area contributed by atoms with Crippen LogP contribution in [0.15, 0.2) is 0 Å². The quantitative estimate of drug-likeness (QED) is 0.256. The molecule has 0 spiro atoms. The van der Waals surface area contributed by atoms with Crippen LogP contribution in [0.2, 0.25) is 0 Å². The van der Waals surface area contributed by atoms with E-state index in [2.05, 4.69) is 0 Å². The van der Waals surface area contributed by atoms with Gasteiger partial charge in [-0.05, 0) is 6.92 Å². The summed E-state index contributed by atoms with van der Waals surface area (Å²) < 4.78 is 8.88. The Morgan fingerprint density at radius 1 is 1.09 bits per heavy atom. The molecule has 0 amide bonds. The Labute approximate surface area is 194 Å².